The molecule has 0 aliphatic carbocycles. The highest BCUT2D eigenvalue weighted by molar-refractivity contribution is 5.96. The molecule has 0 saturated carbocycles. The SMILES string of the molecule is COc1cccc(N2C[C@@H](c3nc4ccccc4n3CC(=O)N3CCCC3)CC2=O)c1. The maximum atomic E-state index is 12.9. The topological polar surface area (TPSA) is 67.7 Å². The largest absolute Gasteiger partial charge is 0.497 e. The zero-order valence-corrected chi connectivity index (χ0v) is 17.7. The lowest BCUT2D eigenvalue weighted by Gasteiger charge is -2.19. The second-order valence-electron chi connectivity index (χ2n) is 8.24. The summed E-state index contributed by atoms with van der Waals surface area (Å²) < 4.78 is 7.33. The van der Waals surface area contributed by atoms with Crippen LogP contribution in [0, 0.1) is 0 Å². The molecular formula is C24H26N4O3. The van der Waals surface area contributed by atoms with E-state index in [1.165, 1.54) is 0 Å². The molecule has 3 aromatic rings. The molecule has 0 radical (unpaired) electrons. The smallest absolute Gasteiger partial charge is 0.242 e. The minimum atomic E-state index is -0.0718. The number of para-hydroxylation sites is 2. The van der Waals surface area contributed by atoms with Crippen molar-refractivity contribution in [3.05, 3.63) is 54.4 Å². The van der Waals surface area contributed by atoms with Gasteiger partial charge in [-0.05, 0) is 37.1 Å². The van der Waals surface area contributed by atoms with E-state index in [0.717, 1.165) is 54.2 Å². The number of ether oxygens (including phenoxy) is 1. The molecule has 5 rings (SSSR count). The number of carbonyl (C=O) groups excluding carboxylic acids is 2. The maximum absolute atomic E-state index is 12.9. The molecule has 2 aromatic carbocycles. The maximum Gasteiger partial charge on any atom is 0.242 e. The summed E-state index contributed by atoms with van der Waals surface area (Å²) in [6.45, 7) is 2.45. The van der Waals surface area contributed by atoms with Gasteiger partial charge in [-0.3, -0.25) is 9.59 Å². The first-order valence-corrected chi connectivity index (χ1v) is 10.8. The van der Waals surface area contributed by atoms with Gasteiger partial charge in [0.25, 0.3) is 0 Å². The number of benzene rings is 2. The van der Waals surface area contributed by atoms with Crippen LogP contribution in [0.2, 0.25) is 0 Å². The second-order valence-corrected chi connectivity index (χ2v) is 8.24. The van der Waals surface area contributed by atoms with E-state index >= 15 is 0 Å². The van der Waals surface area contributed by atoms with Gasteiger partial charge >= 0.3 is 0 Å². The number of amides is 2. The molecule has 7 heteroatoms. The quantitative estimate of drug-likeness (QED) is 0.638. The first kappa shape index (κ1) is 19.6. The Morgan fingerprint density at radius 2 is 1.94 bits per heavy atom. The summed E-state index contributed by atoms with van der Waals surface area (Å²) in [6, 6.07) is 15.4. The van der Waals surface area contributed by atoms with Crippen LogP contribution in [0.25, 0.3) is 11.0 Å². The highest BCUT2D eigenvalue weighted by Crippen LogP contribution is 2.34. The van der Waals surface area contributed by atoms with Crippen molar-refractivity contribution < 1.29 is 14.3 Å². The number of imidazole rings is 1. The standard InChI is InChI=1S/C24H26N4O3/c1-31-19-8-6-7-18(14-19)27-15-17(13-22(27)29)24-25-20-9-2-3-10-21(20)28(24)16-23(30)26-11-4-5-12-26/h2-3,6-10,14,17H,4-5,11-13,15-16H2,1H3/t17-/m0/s1. The highest BCUT2D eigenvalue weighted by atomic mass is 16.5. The summed E-state index contributed by atoms with van der Waals surface area (Å²) in [5.41, 5.74) is 2.62. The van der Waals surface area contributed by atoms with Crippen LogP contribution in [0.15, 0.2) is 48.5 Å². The highest BCUT2D eigenvalue weighted by Gasteiger charge is 2.35. The van der Waals surface area contributed by atoms with Crippen LogP contribution in [-0.4, -0.2) is 53.0 Å². The van der Waals surface area contributed by atoms with Gasteiger partial charge < -0.3 is 19.1 Å². The zero-order chi connectivity index (χ0) is 21.4. The van der Waals surface area contributed by atoms with Gasteiger partial charge in [0.2, 0.25) is 11.8 Å². The summed E-state index contributed by atoms with van der Waals surface area (Å²) in [4.78, 5) is 34.4. The number of aromatic nitrogens is 2. The van der Waals surface area contributed by atoms with Crippen molar-refractivity contribution in [2.45, 2.75) is 31.7 Å². The van der Waals surface area contributed by atoms with Crippen molar-refractivity contribution in [1.29, 1.82) is 0 Å². The Labute approximate surface area is 181 Å². The predicted octanol–water partition coefficient (Wildman–Crippen LogP) is 3.19. The molecule has 0 bridgehead atoms. The number of rotatable bonds is 5. The Morgan fingerprint density at radius 3 is 2.74 bits per heavy atom. The average Bonchev–Trinajstić information content (AvgIpc) is 3.53. The van der Waals surface area contributed by atoms with E-state index in [1.54, 1.807) is 12.0 Å². The van der Waals surface area contributed by atoms with Gasteiger partial charge in [0, 0.05) is 43.7 Å². The normalized spacial score (nSPS) is 18.9. The molecule has 2 aliphatic heterocycles. The molecular weight excluding hydrogens is 392 g/mol. The minimum Gasteiger partial charge on any atom is -0.497 e. The number of likely N-dealkylation sites (tertiary alicyclic amines) is 1. The average molecular weight is 418 g/mol. The van der Waals surface area contributed by atoms with E-state index in [2.05, 4.69) is 0 Å². The molecule has 0 spiro atoms. The zero-order valence-electron chi connectivity index (χ0n) is 17.7. The molecule has 2 fully saturated rings. The minimum absolute atomic E-state index is 0.0581. The fourth-order valence-corrected chi connectivity index (χ4v) is 4.68. The molecule has 2 aliphatic rings. The van der Waals surface area contributed by atoms with Crippen molar-refractivity contribution in [1.82, 2.24) is 14.5 Å². The van der Waals surface area contributed by atoms with E-state index in [4.69, 9.17) is 9.72 Å². The third kappa shape index (κ3) is 3.65. The Bertz CT molecular complexity index is 1130. The van der Waals surface area contributed by atoms with Gasteiger partial charge in [0.15, 0.2) is 0 Å². The first-order valence-electron chi connectivity index (χ1n) is 10.8. The lowest BCUT2D eigenvalue weighted by molar-refractivity contribution is -0.130. The molecule has 2 saturated heterocycles. The van der Waals surface area contributed by atoms with Crippen LogP contribution >= 0.6 is 0 Å². The van der Waals surface area contributed by atoms with Gasteiger partial charge in [-0.15, -0.1) is 0 Å². The van der Waals surface area contributed by atoms with E-state index < -0.39 is 0 Å². The fraction of sp³-hybridized carbons (Fsp3) is 0.375. The van der Waals surface area contributed by atoms with Crippen LogP contribution < -0.4 is 9.64 Å². The number of hydrogen-bond acceptors (Lipinski definition) is 4. The number of hydrogen-bond donors (Lipinski definition) is 0. The van der Waals surface area contributed by atoms with Crippen molar-refractivity contribution >= 4 is 28.5 Å². The summed E-state index contributed by atoms with van der Waals surface area (Å²) in [5.74, 6) is 1.64. The van der Waals surface area contributed by atoms with Crippen molar-refractivity contribution in [3.8, 4) is 5.75 Å². The van der Waals surface area contributed by atoms with E-state index in [-0.39, 0.29) is 24.3 Å². The fourth-order valence-electron chi connectivity index (χ4n) is 4.68. The monoisotopic (exact) mass is 418 g/mol. The Morgan fingerprint density at radius 1 is 1.13 bits per heavy atom. The summed E-state index contributed by atoms with van der Waals surface area (Å²) in [5, 5.41) is 0. The third-order valence-corrected chi connectivity index (χ3v) is 6.29. The molecule has 31 heavy (non-hydrogen) atoms. The number of methoxy groups -OCH3 is 1. The molecule has 2 amide bonds. The Kier molecular flexibility index (Phi) is 5.10. The predicted molar refractivity (Wildman–Crippen MR) is 118 cm³/mol. The van der Waals surface area contributed by atoms with Crippen LogP contribution in [0.5, 0.6) is 5.75 Å². The molecule has 160 valence electrons. The van der Waals surface area contributed by atoms with Gasteiger partial charge in [-0.25, -0.2) is 4.98 Å². The molecule has 0 unspecified atom stereocenters. The van der Waals surface area contributed by atoms with Gasteiger partial charge in [0.1, 0.15) is 18.1 Å². The summed E-state index contributed by atoms with van der Waals surface area (Å²) in [7, 11) is 1.62. The molecule has 1 aromatic heterocycles. The van der Waals surface area contributed by atoms with E-state index in [9.17, 15) is 9.59 Å². The lowest BCUT2D eigenvalue weighted by atomic mass is 10.1. The summed E-state index contributed by atoms with van der Waals surface area (Å²) >= 11 is 0. The Balaban J connectivity index is 1.47. The molecule has 1 atom stereocenters. The number of nitrogens with zero attached hydrogens (tertiary/aromatic N) is 4. The molecule has 3 heterocycles. The number of carbonyl (C=O) groups is 2. The van der Waals surface area contributed by atoms with Crippen molar-refractivity contribution in [2.24, 2.45) is 0 Å². The van der Waals surface area contributed by atoms with Crippen LogP contribution in [0.4, 0.5) is 5.69 Å². The van der Waals surface area contributed by atoms with E-state index in [1.807, 2.05) is 58.0 Å². The van der Waals surface area contributed by atoms with Crippen molar-refractivity contribution in [3.63, 3.8) is 0 Å². The first-order chi connectivity index (χ1) is 15.1. The van der Waals surface area contributed by atoms with Gasteiger partial charge in [-0.1, -0.05) is 18.2 Å². The number of anilines is 1. The lowest BCUT2D eigenvalue weighted by Crippen LogP contribution is -2.32. The molecule has 7 nitrogen and oxygen atoms in total. The van der Waals surface area contributed by atoms with Gasteiger partial charge in [0.05, 0.1) is 18.1 Å². The second kappa shape index (κ2) is 8.06. The third-order valence-electron chi connectivity index (χ3n) is 6.29. The number of fused-ring (bicyclic) bond motifs is 1. The Hall–Kier alpha value is -3.35. The van der Waals surface area contributed by atoms with E-state index in [0.29, 0.717) is 13.0 Å². The van der Waals surface area contributed by atoms with Crippen LogP contribution in [0.3, 0.4) is 0 Å². The van der Waals surface area contributed by atoms with Crippen LogP contribution in [0.1, 0.15) is 31.0 Å². The van der Waals surface area contributed by atoms with Gasteiger partial charge in [-0.2, -0.15) is 0 Å². The van der Waals surface area contributed by atoms with Crippen molar-refractivity contribution in [2.75, 3.05) is 31.6 Å². The molecule has 0 N–H and O–H groups in total. The van der Waals surface area contributed by atoms with Crippen LogP contribution in [-0.2, 0) is 16.1 Å². The summed E-state index contributed by atoms with van der Waals surface area (Å²) in [6.07, 6.45) is 2.50.